The van der Waals surface area contributed by atoms with E-state index in [2.05, 4.69) is 5.32 Å². The molecule has 1 aliphatic rings. The largest absolute Gasteiger partial charge is 0.449 e. The second-order valence-electron chi connectivity index (χ2n) is 4.90. The lowest BCUT2D eigenvalue weighted by Crippen LogP contribution is -2.47. The van der Waals surface area contributed by atoms with E-state index in [9.17, 15) is 13.6 Å². The van der Waals surface area contributed by atoms with E-state index in [-0.39, 0.29) is 29.6 Å². The number of hydrogen-bond donors (Lipinski definition) is 1. The molecule has 0 saturated carbocycles. The molecule has 1 aromatic carbocycles. The highest BCUT2D eigenvalue weighted by molar-refractivity contribution is 6.31. The van der Waals surface area contributed by atoms with E-state index in [1.807, 2.05) is 0 Å². The lowest BCUT2D eigenvalue weighted by atomic mass is 9.80. The predicted octanol–water partition coefficient (Wildman–Crippen LogP) is 3.85. The van der Waals surface area contributed by atoms with Gasteiger partial charge in [0.1, 0.15) is 18.2 Å². The number of amides is 1. The molecule has 0 aliphatic carbocycles. The van der Waals surface area contributed by atoms with E-state index in [1.165, 1.54) is 0 Å². The number of rotatable bonds is 1. The molecule has 1 saturated heterocycles. The number of carbonyl (C=O) groups excluding carboxylic acids is 1. The van der Waals surface area contributed by atoms with Crippen LogP contribution in [0.15, 0.2) is 12.1 Å². The van der Waals surface area contributed by atoms with Gasteiger partial charge in [0.2, 0.25) is 0 Å². The molecular formula is C12H13Cl2F2NO2. The second kappa shape index (κ2) is 5.51. The molecular weight excluding hydrogens is 299 g/mol. The number of hydrogen-bond acceptors (Lipinski definition) is 2. The maximum Gasteiger partial charge on any atom is 0.407 e. The molecule has 0 radical (unpaired) electrons. The Morgan fingerprint density at radius 3 is 2.58 bits per heavy atom. The van der Waals surface area contributed by atoms with Crippen LogP contribution in [0, 0.1) is 17.0 Å². The lowest BCUT2D eigenvalue weighted by Gasteiger charge is -2.38. The number of benzene rings is 1. The molecule has 1 N–H and O–H groups in total. The van der Waals surface area contributed by atoms with Crippen molar-refractivity contribution in [3.8, 4) is 0 Å². The van der Waals surface area contributed by atoms with E-state index < -0.39 is 29.2 Å². The van der Waals surface area contributed by atoms with Crippen molar-refractivity contribution in [2.45, 2.75) is 19.9 Å². The second-order valence-corrected chi connectivity index (χ2v) is 5.28. The van der Waals surface area contributed by atoms with Gasteiger partial charge in [0.25, 0.3) is 0 Å². The summed E-state index contributed by atoms with van der Waals surface area (Å²) in [7, 11) is 0. The maximum atomic E-state index is 13.8. The van der Waals surface area contributed by atoms with Crippen LogP contribution in [0.3, 0.4) is 0 Å². The van der Waals surface area contributed by atoms with Crippen molar-refractivity contribution in [2.24, 2.45) is 5.41 Å². The topological polar surface area (TPSA) is 38.3 Å². The molecule has 1 amide bonds. The molecule has 7 heteroatoms. The van der Waals surface area contributed by atoms with E-state index in [0.717, 1.165) is 12.1 Å². The molecule has 0 bridgehead atoms. The van der Waals surface area contributed by atoms with Crippen molar-refractivity contribution in [3.05, 3.63) is 34.4 Å². The first kappa shape index (κ1) is 16.0. The summed E-state index contributed by atoms with van der Waals surface area (Å²) in [4.78, 5) is 11.2. The van der Waals surface area contributed by atoms with Gasteiger partial charge in [-0.2, -0.15) is 0 Å². The summed E-state index contributed by atoms with van der Waals surface area (Å²) < 4.78 is 32.1. The lowest BCUT2D eigenvalue weighted by molar-refractivity contribution is 0.0377. The fourth-order valence-electron chi connectivity index (χ4n) is 1.96. The van der Waals surface area contributed by atoms with Crippen molar-refractivity contribution in [1.29, 1.82) is 0 Å². The summed E-state index contributed by atoms with van der Waals surface area (Å²) in [6.07, 6.45) is -0.668. The van der Waals surface area contributed by atoms with Crippen molar-refractivity contribution >= 4 is 30.1 Å². The molecule has 3 nitrogen and oxygen atoms in total. The predicted molar refractivity (Wildman–Crippen MR) is 69.6 cm³/mol. The summed E-state index contributed by atoms with van der Waals surface area (Å²) in [5.41, 5.74) is -0.634. The minimum absolute atomic E-state index is 0. The highest BCUT2D eigenvalue weighted by Crippen LogP contribution is 2.41. The van der Waals surface area contributed by atoms with Crippen LogP contribution >= 0.6 is 24.0 Å². The van der Waals surface area contributed by atoms with Crippen molar-refractivity contribution < 1.29 is 18.3 Å². The first-order valence-corrected chi connectivity index (χ1v) is 5.77. The van der Waals surface area contributed by atoms with E-state index >= 15 is 0 Å². The van der Waals surface area contributed by atoms with Gasteiger partial charge in [-0.05, 0) is 12.1 Å². The van der Waals surface area contributed by atoms with Gasteiger partial charge in [-0.25, -0.2) is 13.6 Å². The van der Waals surface area contributed by atoms with Gasteiger partial charge in [-0.3, -0.25) is 0 Å². The maximum absolute atomic E-state index is 13.8. The third-order valence-electron chi connectivity index (χ3n) is 2.99. The summed E-state index contributed by atoms with van der Waals surface area (Å²) >= 11 is 5.80. The first-order valence-electron chi connectivity index (χ1n) is 5.39. The fourth-order valence-corrected chi connectivity index (χ4v) is 2.22. The Kier molecular flexibility index (Phi) is 4.63. The Morgan fingerprint density at radius 2 is 1.95 bits per heavy atom. The number of cyclic esters (lactones) is 1. The molecule has 19 heavy (non-hydrogen) atoms. The van der Waals surface area contributed by atoms with Crippen LogP contribution in [0.4, 0.5) is 13.6 Å². The van der Waals surface area contributed by atoms with Crippen molar-refractivity contribution in [2.75, 3.05) is 6.61 Å². The van der Waals surface area contributed by atoms with E-state index in [0.29, 0.717) is 0 Å². The van der Waals surface area contributed by atoms with Gasteiger partial charge in [-0.1, -0.05) is 25.4 Å². The van der Waals surface area contributed by atoms with Crippen LogP contribution < -0.4 is 5.32 Å². The Labute approximate surface area is 120 Å². The van der Waals surface area contributed by atoms with Crippen LogP contribution in [0.25, 0.3) is 0 Å². The van der Waals surface area contributed by atoms with Gasteiger partial charge in [-0.15, -0.1) is 12.4 Å². The zero-order chi connectivity index (χ0) is 13.5. The third kappa shape index (κ3) is 2.92. The molecule has 106 valence electrons. The summed E-state index contributed by atoms with van der Waals surface area (Å²) in [6.45, 7) is 3.66. The number of ether oxygens (including phenoxy) is 1. The van der Waals surface area contributed by atoms with E-state index in [1.54, 1.807) is 13.8 Å². The molecule has 1 atom stereocenters. The van der Waals surface area contributed by atoms with Crippen LogP contribution in [0.1, 0.15) is 25.5 Å². The Hall–Kier alpha value is -1.07. The zero-order valence-corrected chi connectivity index (χ0v) is 11.9. The summed E-state index contributed by atoms with van der Waals surface area (Å²) in [5.74, 6) is -1.37. The Balaban J connectivity index is 0.00000180. The molecule has 2 rings (SSSR count). The normalized spacial score (nSPS) is 21.1. The summed E-state index contributed by atoms with van der Waals surface area (Å²) in [5, 5.41) is 2.17. The smallest absolute Gasteiger partial charge is 0.407 e. The number of halogens is 4. The Morgan fingerprint density at radius 1 is 1.37 bits per heavy atom. The molecule has 1 heterocycles. The Bertz CT molecular complexity index is 509. The van der Waals surface area contributed by atoms with Crippen molar-refractivity contribution in [3.63, 3.8) is 0 Å². The molecule has 1 fully saturated rings. The number of nitrogens with one attached hydrogen (secondary N) is 1. The van der Waals surface area contributed by atoms with Crippen molar-refractivity contribution in [1.82, 2.24) is 5.32 Å². The van der Waals surface area contributed by atoms with Crippen LogP contribution in [-0.2, 0) is 4.74 Å². The van der Waals surface area contributed by atoms with Crippen LogP contribution in [0.5, 0.6) is 0 Å². The minimum atomic E-state index is -0.734. The van der Waals surface area contributed by atoms with Gasteiger partial charge in [0, 0.05) is 11.0 Å². The summed E-state index contributed by atoms with van der Waals surface area (Å²) in [6, 6.07) is 1.21. The van der Waals surface area contributed by atoms with Gasteiger partial charge in [0.15, 0.2) is 0 Å². The monoisotopic (exact) mass is 311 g/mol. The first-order chi connectivity index (χ1) is 8.33. The van der Waals surface area contributed by atoms with E-state index in [4.69, 9.17) is 16.3 Å². The highest BCUT2D eigenvalue weighted by Gasteiger charge is 2.40. The average Bonchev–Trinajstić information content (AvgIpc) is 2.29. The molecule has 1 aliphatic heterocycles. The average molecular weight is 312 g/mol. The number of carbonyl (C=O) groups is 1. The third-order valence-corrected chi connectivity index (χ3v) is 3.37. The SMILES string of the molecule is CC1(C)COC(=O)N[C@@H]1c1c(F)ccc(F)c1Cl.Cl. The van der Waals surface area contributed by atoms with Gasteiger partial charge in [0.05, 0.1) is 11.1 Å². The quantitative estimate of drug-likeness (QED) is 0.800. The van der Waals surface area contributed by atoms with Crippen LogP contribution in [0.2, 0.25) is 5.02 Å². The molecule has 1 aromatic rings. The fraction of sp³-hybridized carbons (Fsp3) is 0.417. The van der Waals surface area contributed by atoms with Crippen LogP contribution in [-0.4, -0.2) is 12.7 Å². The van der Waals surface area contributed by atoms with Gasteiger partial charge >= 0.3 is 6.09 Å². The number of alkyl carbamates (subject to hydrolysis) is 1. The zero-order valence-electron chi connectivity index (χ0n) is 10.3. The minimum Gasteiger partial charge on any atom is -0.449 e. The highest BCUT2D eigenvalue weighted by atomic mass is 35.5. The molecule has 0 aromatic heterocycles. The molecule has 0 spiro atoms. The van der Waals surface area contributed by atoms with Gasteiger partial charge < -0.3 is 10.1 Å². The molecule has 0 unspecified atom stereocenters. The standard InChI is InChI=1S/C12H12ClF2NO2.ClH/c1-12(2)5-18-11(17)16-10(12)8-6(14)3-4-7(15)9(8)13;/h3-4,10H,5H2,1-2H3,(H,16,17);1H/t10-;/m1./s1.